The van der Waals surface area contributed by atoms with E-state index in [-0.39, 0.29) is 35.6 Å². The van der Waals surface area contributed by atoms with Crippen molar-refractivity contribution in [3.05, 3.63) is 33.9 Å². The number of nitro benzene ring substituents is 1. The molecule has 1 aromatic rings. The van der Waals surface area contributed by atoms with Crippen molar-refractivity contribution in [1.82, 2.24) is 10.2 Å². The highest BCUT2D eigenvalue weighted by atomic mass is 16.6. The summed E-state index contributed by atoms with van der Waals surface area (Å²) in [6.45, 7) is 1.76. The second kappa shape index (κ2) is 9.67. The maximum absolute atomic E-state index is 12.1. The lowest BCUT2D eigenvalue weighted by atomic mass is 10.0. The van der Waals surface area contributed by atoms with Crippen LogP contribution in [0.3, 0.4) is 0 Å². The number of nitrogens with zero attached hydrogens (tertiary/aromatic N) is 2. The van der Waals surface area contributed by atoms with Gasteiger partial charge in [-0.05, 0) is 38.3 Å². The average Bonchev–Trinajstić information content (AvgIpc) is 2.69. The van der Waals surface area contributed by atoms with Gasteiger partial charge in [0.2, 0.25) is 0 Å². The van der Waals surface area contributed by atoms with E-state index in [1.807, 2.05) is 6.92 Å². The van der Waals surface area contributed by atoms with Crippen LogP contribution >= 0.6 is 0 Å². The summed E-state index contributed by atoms with van der Waals surface area (Å²) in [5, 5.41) is 13.3. The fourth-order valence-electron chi connectivity index (χ4n) is 2.97. The van der Waals surface area contributed by atoms with Crippen molar-refractivity contribution in [2.45, 2.75) is 32.2 Å². The van der Waals surface area contributed by atoms with E-state index in [9.17, 15) is 24.5 Å². The third-order valence-electron chi connectivity index (χ3n) is 4.51. The second-order valence-electron chi connectivity index (χ2n) is 6.42. The molecule has 28 heavy (non-hydrogen) atoms. The van der Waals surface area contributed by atoms with E-state index in [2.05, 4.69) is 5.32 Å². The summed E-state index contributed by atoms with van der Waals surface area (Å²) in [5.74, 6) is -1.70. The summed E-state index contributed by atoms with van der Waals surface area (Å²) in [6, 6.07) is 3.81. The number of nitrogens with one attached hydrogen (secondary N) is 1. The highest BCUT2D eigenvalue weighted by Gasteiger charge is 2.24. The van der Waals surface area contributed by atoms with Crippen LogP contribution in [0.2, 0.25) is 0 Å². The van der Waals surface area contributed by atoms with Gasteiger partial charge in [0.05, 0.1) is 12.0 Å². The third kappa shape index (κ3) is 5.41. The molecule has 2 amide bonds. The molecule has 0 saturated carbocycles. The molecule has 1 saturated heterocycles. The summed E-state index contributed by atoms with van der Waals surface area (Å²) in [6.07, 6.45) is 2.91. The van der Waals surface area contributed by atoms with Crippen LogP contribution in [0, 0.1) is 10.1 Å². The number of nitro groups is 1. The highest BCUT2D eigenvalue weighted by molar-refractivity contribution is 5.97. The van der Waals surface area contributed by atoms with E-state index < -0.39 is 23.3 Å². The number of methoxy groups -OCH3 is 1. The van der Waals surface area contributed by atoms with Crippen molar-refractivity contribution < 1.29 is 28.8 Å². The van der Waals surface area contributed by atoms with E-state index in [0.717, 1.165) is 25.3 Å². The summed E-state index contributed by atoms with van der Waals surface area (Å²) in [7, 11) is 1.28. The van der Waals surface area contributed by atoms with Gasteiger partial charge in [0, 0.05) is 24.2 Å². The Hall–Kier alpha value is -3.17. The van der Waals surface area contributed by atoms with Gasteiger partial charge in [-0.25, -0.2) is 0 Å². The standard InChI is InChI=1S/C18H23N3O7/c1-12-5-3-4-8-20(12)16(22)11-28-17(23)10-19-18(24)13-6-7-15(27-2)14(9-13)21(25)26/h6-7,9,12H,3-5,8,10-11H2,1-2H3,(H,19,24)/t12-/m1/s1. The van der Waals surface area contributed by atoms with Crippen molar-refractivity contribution >= 4 is 23.5 Å². The minimum atomic E-state index is -0.769. The van der Waals surface area contributed by atoms with Crippen LogP contribution in [0.1, 0.15) is 36.5 Å². The molecule has 0 unspecified atom stereocenters. The molecule has 2 rings (SSSR count). The van der Waals surface area contributed by atoms with Crippen LogP contribution in [0.4, 0.5) is 5.69 Å². The van der Waals surface area contributed by atoms with Gasteiger partial charge in [-0.2, -0.15) is 0 Å². The van der Waals surface area contributed by atoms with E-state index in [4.69, 9.17) is 9.47 Å². The number of piperidine rings is 1. The monoisotopic (exact) mass is 393 g/mol. The Kier molecular flexibility index (Phi) is 7.30. The van der Waals surface area contributed by atoms with Gasteiger partial charge in [0.15, 0.2) is 12.4 Å². The number of carbonyl (C=O) groups is 3. The number of benzene rings is 1. The van der Waals surface area contributed by atoms with Gasteiger partial charge in [-0.3, -0.25) is 24.5 Å². The van der Waals surface area contributed by atoms with Gasteiger partial charge >= 0.3 is 11.7 Å². The third-order valence-corrected chi connectivity index (χ3v) is 4.51. The number of ether oxygens (including phenoxy) is 2. The molecule has 1 heterocycles. The molecule has 0 aliphatic carbocycles. The Morgan fingerprint density at radius 1 is 1.32 bits per heavy atom. The first kappa shape index (κ1) is 21.1. The van der Waals surface area contributed by atoms with Crippen molar-refractivity contribution in [3.63, 3.8) is 0 Å². The molecule has 0 aromatic heterocycles. The molecule has 10 heteroatoms. The summed E-state index contributed by atoms with van der Waals surface area (Å²) >= 11 is 0. The zero-order chi connectivity index (χ0) is 20.7. The largest absolute Gasteiger partial charge is 0.490 e. The van der Waals surface area contributed by atoms with Crippen molar-refractivity contribution in [3.8, 4) is 5.75 Å². The van der Waals surface area contributed by atoms with Gasteiger partial charge in [-0.15, -0.1) is 0 Å². The Bertz CT molecular complexity index is 766. The Morgan fingerprint density at radius 3 is 2.71 bits per heavy atom. The smallest absolute Gasteiger partial charge is 0.325 e. The number of carbonyl (C=O) groups excluding carboxylic acids is 3. The highest BCUT2D eigenvalue weighted by Crippen LogP contribution is 2.27. The minimum absolute atomic E-state index is 0.00137. The van der Waals surface area contributed by atoms with E-state index >= 15 is 0 Å². The maximum atomic E-state index is 12.1. The van der Waals surface area contributed by atoms with E-state index in [1.54, 1.807) is 4.90 Å². The van der Waals surface area contributed by atoms with Crippen LogP contribution < -0.4 is 10.1 Å². The molecule has 1 aliphatic rings. The quantitative estimate of drug-likeness (QED) is 0.420. The number of hydrogen-bond acceptors (Lipinski definition) is 7. The number of esters is 1. The zero-order valence-electron chi connectivity index (χ0n) is 15.8. The number of likely N-dealkylation sites (tertiary alicyclic amines) is 1. The predicted octanol–water partition coefficient (Wildman–Crippen LogP) is 1.28. The molecule has 0 radical (unpaired) electrons. The Balaban J connectivity index is 1.83. The van der Waals surface area contributed by atoms with Gasteiger partial charge < -0.3 is 19.7 Å². The molecule has 1 atom stereocenters. The minimum Gasteiger partial charge on any atom is -0.490 e. The molecule has 1 N–H and O–H groups in total. The first-order valence-electron chi connectivity index (χ1n) is 8.89. The fourth-order valence-corrected chi connectivity index (χ4v) is 2.97. The van der Waals surface area contributed by atoms with Crippen LogP contribution in [0.5, 0.6) is 5.75 Å². The molecular weight excluding hydrogens is 370 g/mol. The summed E-state index contributed by atoms with van der Waals surface area (Å²) in [5.41, 5.74) is -0.363. The Labute approximate surface area is 161 Å². The normalized spacial score (nSPS) is 16.2. The maximum Gasteiger partial charge on any atom is 0.325 e. The van der Waals surface area contributed by atoms with Gasteiger partial charge in [0.1, 0.15) is 6.54 Å². The number of hydrogen-bond donors (Lipinski definition) is 1. The first-order chi connectivity index (χ1) is 13.3. The molecule has 1 aromatic carbocycles. The Morgan fingerprint density at radius 2 is 2.07 bits per heavy atom. The zero-order valence-corrected chi connectivity index (χ0v) is 15.8. The van der Waals surface area contributed by atoms with Crippen LogP contribution in [-0.2, 0) is 14.3 Å². The molecule has 0 bridgehead atoms. The molecule has 10 nitrogen and oxygen atoms in total. The molecule has 1 aliphatic heterocycles. The number of amides is 2. The first-order valence-corrected chi connectivity index (χ1v) is 8.89. The molecule has 0 spiro atoms. The number of rotatable bonds is 7. The van der Waals surface area contributed by atoms with E-state index in [1.165, 1.54) is 19.2 Å². The lowest BCUT2D eigenvalue weighted by molar-refractivity contribution is -0.385. The van der Waals surface area contributed by atoms with Crippen molar-refractivity contribution in [2.75, 3.05) is 26.8 Å². The molecular formula is C18H23N3O7. The van der Waals surface area contributed by atoms with Crippen LogP contribution in [-0.4, -0.2) is 60.5 Å². The van der Waals surface area contributed by atoms with Gasteiger partial charge in [-0.1, -0.05) is 0 Å². The van der Waals surface area contributed by atoms with Crippen LogP contribution in [0.25, 0.3) is 0 Å². The topological polar surface area (TPSA) is 128 Å². The van der Waals surface area contributed by atoms with Crippen LogP contribution in [0.15, 0.2) is 18.2 Å². The fraction of sp³-hybridized carbons (Fsp3) is 0.500. The summed E-state index contributed by atoms with van der Waals surface area (Å²) in [4.78, 5) is 48.0. The van der Waals surface area contributed by atoms with E-state index in [0.29, 0.717) is 6.54 Å². The van der Waals surface area contributed by atoms with Gasteiger partial charge in [0.25, 0.3) is 11.8 Å². The summed E-state index contributed by atoms with van der Waals surface area (Å²) < 4.78 is 9.79. The second-order valence-corrected chi connectivity index (χ2v) is 6.42. The predicted molar refractivity (Wildman–Crippen MR) is 98.0 cm³/mol. The SMILES string of the molecule is COc1ccc(C(=O)NCC(=O)OCC(=O)N2CCCC[C@H]2C)cc1[N+](=O)[O-]. The average molecular weight is 393 g/mol. The van der Waals surface area contributed by atoms with Crippen molar-refractivity contribution in [2.24, 2.45) is 0 Å². The van der Waals surface area contributed by atoms with Crippen molar-refractivity contribution in [1.29, 1.82) is 0 Å². The lowest BCUT2D eigenvalue weighted by Crippen LogP contribution is -2.44. The molecule has 1 fully saturated rings. The lowest BCUT2D eigenvalue weighted by Gasteiger charge is -2.33. The molecule has 152 valence electrons.